The van der Waals surface area contributed by atoms with Crippen LogP contribution in [0.5, 0.6) is 11.5 Å². The molecule has 0 heterocycles. The van der Waals surface area contributed by atoms with E-state index >= 15 is 0 Å². The molecule has 0 saturated heterocycles. The second-order valence-electron chi connectivity index (χ2n) is 5.25. The van der Waals surface area contributed by atoms with E-state index in [1.807, 2.05) is 78.9 Å². The van der Waals surface area contributed by atoms with E-state index in [1.54, 1.807) is 0 Å². The highest BCUT2D eigenvalue weighted by Gasteiger charge is 2.10. The number of hydrogen-bond donors (Lipinski definition) is 1. The second-order valence-corrected chi connectivity index (χ2v) is 5.25. The number of benzene rings is 3. The molecule has 0 saturated carbocycles. The van der Waals surface area contributed by atoms with Crippen molar-refractivity contribution in [2.75, 3.05) is 0 Å². The standard InChI is InChI=1S/C20H17NO2/c21-20(22)14-15-11-12-18(16-7-3-1-4-8-16)19(13-15)23-17-9-5-2-6-10-17/h1-13H,14H2,(H2,21,22). The van der Waals surface area contributed by atoms with Crippen LogP contribution in [-0.4, -0.2) is 5.91 Å². The van der Waals surface area contributed by atoms with Crippen LogP contribution in [0.25, 0.3) is 11.1 Å². The average molecular weight is 303 g/mol. The van der Waals surface area contributed by atoms with Gasteiger partial charge in [-0.1, -0.05) is 60.7 Å². The number of amides is 1. The molecule has 3 aromatic rings. The van der Waals surface area contributed by atoms with Gasteiger partial charge in [0.15, 0.2) is 0 Å². The molecule has 0 fully saturated rings. The minimum absolute atomic E-state index is 0.195. The number of hydrogen-bond acceptors (Lipinski definition) is 2. The van der Waals surface area contributed by atoms with Crippen LogP contribution in [0.4, 0.5) is 0 Å². The molecule has 0 aromatic heterocycles. The number of rotatable bonds is 5. The van der Waals surface area contributed by atoms with E-state index in [2.05, 4.69) is 0 Å². The predicted molar refractivity (Wildman–Crippen MR) is 91.3 cm³/mol. The average Bonchev–Trinajstić information content (AvgIpc) is 2.56. The van der Waals surface area contributed by atoms with Crippen molar-refractivity contribution in [2.45, 2.75) is 6.42 Å². The summed E-state index contributed by atoms with van der Waals surface area (Å²) in [6.45, 7) is 0. The van der Waals surface area contributed by atoms with Crippen molar-refractivity contribution in [3.05, 3.63) is 84.4 Å². The molecule has 3 nitrogen and oxygen atoms in total. The van der Waals surface area contributed by atoms with Gasteiger partial charge in [-0.2, -0.15) is 0 Å². The van der Waals surface area contributed by atoms with Gasteiger partial charge < -0.3 is 10.5 Å². The Morgan fingerprint density at radius 1 is 0.870 bits per heavy atom. The highest BCUT2D eigenvalue weighted by atomic mass is 16.5. The van der Waals surface area contributed by atoms with Gasteiger partial charge in [0.25, 0.3) is 0 Å². The third-order valence-corrected chi connectivity index (χ3v) is 3.48. The Hall–Kier alpha value is -3.07. The minimum atomic E-state index is -0.358. The summed E-state index contributed by atoms with van der Waals surface area (Å²) in [7, 11) is 0. The fraction of sp³-hybridized carbons (Fsp3) is 0.0500. The first kappa shape index (κ1) is 14.9. The van der Waals surface area contributed by atoms with E-state index in [0.717, 1.165) is 22.4 Å². The molecule has 1 amide bonds. The summed E-state index contributed by atoms with van der Waals surface area (Å²) in [5, 5.41) is 0. The fourth-order valence-electron chi connectivity index (χ4n) is 2.43. The van der Waals surface area contributed by atoms with Gasteiger partial charge >= 0.3 is 0 Å². The van der Waals surface area contributed by atoms with E-state index in [1.165, 1.54) is 0 Å². The minimum Gasteiger partial charge on any atom is -0.457 e. The van der Waals surface area contributed by atoms with Crippen molar-refractivity contribution in [1.82, 2.24) is 0 Å². The molecule has 0 aliphatic heterocycles. The Morgan fingerprint density at radius 2 is 1.52 bits per heavy atom. The van der Waals surface area contributed by atoms with Gasteiger partial charge in [0, 0.05) is 5.56 Å². The summed E-state index contributed by atoms with van der Waals surface area (Å²) in [6.07, 6.45) is 0.195. The predicted octanol–water partition coefficient (Wildman–Crippen LogP) is 4.17. The lowest BCUT2D eigenvalue weighted by atomic mass is 10.0. The first-order valence-corrected chi connectivity index (χ1v) is 7.42. The van der Waals surface area contributed by atoms with Gasteiger partial charge in [-0.25, -0.2) is 0 Å². The largest absolute Gasteiger partial charge is 0.457 e. The Kier molecular flexibility index (Phi) is 4.39. The number of nitrogens with two attached hydrogens (primary N) is 1. The third-order valence-electron chi connectivity index (χ3n) is 3.48. The zero-order valence-electron chi connectivity index (χ0n) is 12.6. The summed E-state index contributed by atoms with van der Waals surface area (Å²) in [5.41, 5.74) is 8.17. The Labute approximate surface area is 135 Å². The molecule has 23 heavy (non-hydrogen) atoms. The lowest BCUT2D eigenvalue weighted by molar-refractivity contribution is -0.117. The first-order valence-electron chi connectivity index (χ1n) is 7.42. The van der Waals surface area contributed by atoms with Gasteiger partial charge in [0.1, 0.15) is 11.5 Å². The summed E-state index contributed by atoms with van der Waals surface area (Å²) in [5.74, 6) is 1.10. The lowest BCUT2D eigenvalue weighted by Gasteiger charge is -2.13. The topological polar surface area (TPSA) is 52.3 Å². The zero-order chi connectivity index (χ0) is 16.1. The molecule has 114 valence electrons. The molecule has 3 rings (SSSR count). The number of carbonyl (C=O) groups is 1. The van der Waals surface area contributed by atoms with Gasteiger partial charge in [-0.15, -0.1) is 0 Å². The van der Waals surface area contributed by atoms with Crippen molar-refractivity contribution < 1.29 is 9.53 Å². The number of primary amides is 1. The first-order chi connectivity index (χ1) is 11.2. The Morgan fingerprint density at radius 3 is 2.17 bits per heavy atom. The molecular weight excluding hydrogens is 286 g/mol. The number of para-hydroxylation sites is 1. The van der Waals surface area contributed by atoms with Crippen LogP contribution >= 0.6 is 0 Å². The summed E-state index contributed by atoms with van der Waals surface area (Å²) < 4.78 is 6.03. The second kappa shape index (κ2) is 6.79. The van der Waals surface area contributed by atoms with Crippen molar-refractivity contribution in [2.24, 2.45) is 5.73 Å². The van der Waals surface area contributed by atoms with E-state index in [0.29, 0.717) is 5.75 Å². The van der Waals surface area contributed by atoms with Crippen molar-refractivity contribution in [3.63, 3.8) is 0 Å². The van der Waals surface area contributed by atoms with Crippen molar-refractivity contribution in [3.8, 4) is 22.6 Å². The van der Waals surface area contributed by atoms with Crippen LogP contribution in [0, 0.1) is 0 Å². The van der Waals surface area contributed by atoms with E-state index < -0.39 is 0 Å². The van der Waals surface area contributed by atoms with Crippen molar-refractivity contribution >= 4 is 5.91 Å². The zero-order valence-corrected chi connectivity index (χ0v) is 12.6. The van der Waals surface area contributed by atoms with Crippen LogP contribution in [0.15, 0.2) is 78.9 Å². The van der Waals surface area contributed by atoms with Gasteiger partial charge in [0.05, 0.1) is 6.42 Å². The van der Waals surface area contributed by atoms with E-state index in [-0.39, 0.29) is 12.3 Å². The van der Waals surface area contributed by atoms with E-state index in [4.69, 9.17) is 10.5 Å². The molecule has 2 N–H and O–H groups in total. The van der Waals surface area contributed by atoms with Crippen molar-refractivity contribution in [1.29, 1.82) is 0 Å². The monoisotopic (exact) mass is 303 g/mol. The Bertz CT molecular complexity index is 798. The smallest absolute Gasteiger partial charge is 0.221 e. The molecule has 0 atom stereocenters. The van der Waals surface area contributed by atoms with Crippen LogP contribution in [0.2, 0.25) is 0 Å². The lowest BCUT2D eigenvalue weighted by Crippen LogP contribution is -2.13. The van der Waals surface area contributed by atoms with Crippen LogP contribution in [0.3, 0.4) is 0 Å². The molecule has 0 radical (unpaired) electrons. The fourth-order valence-corrected chi connectivity index (χ4v) is 2.43. The number of ether oxygens (including phenoxy) is 1. The summed E-state index contributed by atoms with van der Waals surface area (Å²) in [6, 6.07) is 25.3. The summed E-state index contributed by atoms with van der Waals surface area (Å²) >= 11 is 0. The SMILES string of the molecule is NC(=O)Cc1ccc(-c2ccccc2)c(Oc2ccccc2)c1. The quantitative estimate of drug-likeness (QED) is 0.769. The molecule has 3 heteroatoms. The van der Waals surface area contributed by atoms with E-state index in [9.17, 15) is 4.79 Å². The summed E-state index contributed by atoms with van der Waals surface area (Å²) in [4.78, 5) is 11.2. The maximum absolute atomic E-state index is 11.2. The van der Waals surface area contributed by atoms with Gasteiger partial charge in [-0.05, 0) is 29.3 Å². The normalized spacial score (nSPS) is 10.3. The van der Waals surface area contributed by atoms with Gasteiger partial charge in [0.2, 0.25) is 5.91 Å². The highest BCUT2D eigenvalue weighted by molar-refractivity contribution is 5.78. The molecule has 0 unspecified atom stereocenters. The molecule has 3 aromatic carbocycles. The highest BCUT2D eigenvalue weighted by Crippen LogP contribution is 2.34. The Balaban J connectivity index is 2.02. The molecule has 0 aliphatic carbocycles. The molecule has 0 bridgehead atoms. The van der Waals surface area contributed by atoms with Crippen LogP contribution in [0.1, 0.15) is 5.56 Å². The molecule has 0 spiro atoms. The maximum Gasteiger partial charge on any atom is 0.221 e. The number of carbonyl (C=O) groups excluding carboxylic acids is 1. The van der Waals surface area contributed by atoms with Gasteiger partial charge in [-0.3, -0.25) is 4.79 Å². The van der Waals surface area contributed by atoms with Crippen LogP contribution < -0.4 is 10.5 Å². The maximum atomic E-state index is 11.2. The third kappa shape index (κ3) is 3.77. The molecular formula is C20H17NO2. The molecule has 0 aliphatic rings. The van der Waals surface area contributed by atoms with Crippen LogP contribution in [-0.2, 0) is 11.2 Å².